The Labute approximate surface area is 89.6 Å². The summed E-state index contributed by atoms with van der Waals surface area (Å²) in [6.07, 6.45) is 3.69. The van der Waals surface area contributed by atoms with E-state index in [1.807, 2.05) is 19.0 Å². The first kappa shape index (κ1) is 9.96. The van der Waals surface area contributed by atoms with Gasteiger partial charge in [-0.3, -0.25) is 0 Å². The van der Waals surface area contributed by atoms with Gasteiger partial charge in [0.05, 0.1) is 5.39 Å². The summed E-state index contributed by atoms with van der Waals surface area (Å²) in [5.41, 5.74) is 1.00. The second kappa shape index (κ2) is 3.53. The molecule has 0 atom stereocenters. The maximum absolute atomic E-state index is 4.33. The maximum atomic E-state index is 4.33. The highest BCUT2D eigenvalue weighted by Crippen LogP contribution is 2.24. The third-order valence-electron chi connectivity index (χ3n) is 2.47. The van der Waals surface area contributed by atoms with Crippen molar-refractivity contribution in [3.05, 3.63) is 18.6 Å². The van der Waals surface area contributed by atoms with Crippen molar-refractivity contribution in [1.29, 1.82) is 0 Å². The summed E-state index contributed by atoms with van der Waals surface area (Å²) in [5, 5.41) is 1.11. The van der Waals surface area contributed by atoms with Crippen LogP contribution in [0.2, 0.25) is 0 Å². The summed E-state index contributed by atoms with van der Waals surface area (Å²) < 4.78 is 2.16. The fourth-order valence-corrected chi connectivity index (χ4v) is 1.73. The minimum Gasteiger partial charge on any atom is -0.362 e. The molecule has 0 aromatic carbocycles. The van der Waals surface area contributed by atoms with Gasteiger partial charge in [0, 0.05) is 26.3 Å². The van der Waals surface area contributed by atoms with Gasteiger partial charge < -0.3 is 9.47 Å². The fraction of sp³-hybridized carbons (Fsp3) is 0.455. The molecule has 0 unspecified atom stereocenters. The van der Waals surface area contributed by atoms with Crippen LogP contribution in [-0.4, -0.2) is 28.6 Å². The molecule has 2 heterocycles. The molecule has 15 heavy (non-hydrogen) atoms. The minimum atomic E-state index is 0.424. The summed E-state index contributed by atoms with van der Waals surface area (Å²) in [7, 11) is 3.99. The number of hydrogen-bond acceptors (Lipinski definition) is 3. The van der Waals surface area contributed by atoms with E-state index in [0.29, 0.717) is 6.04 Å². The second-order valence-corrected chi connectivity index (χ2v) is 4.15. The normalized spacial score (nSPS) is 11.3. The summed E-state index contributed by atoms with van der Waals surface area (Å²) in [6, 6.07) is 2.50. The summed E-state index contributed by atoms with van der Waals surface area (Å²) in [4.78, 5) is 10.6. The van der Waals surface area contributed by atoms with Crippen LogP contribution in [-0.2, 0) is 0 Å². The van der Waals surface area contributed by atoms with Crippen molar-refractivity contribution in [2.24, 2.45) is 0 Å². The second-order valence-electron chi connectivity index (χ2n) is 4.15. The van der Waals surface area contributed by atoms with E-state index in [9.17, 15) is 0 Å². The standard InChI is InChI=1S/C11H16N4/c1-8(2)15-6-5-9-10(14(3)4)12-7-13-11(9)15/h5-8H,1-4H3. The zero-order valence-corrected chi connectivity index (χ0v) is 9.60. The zero-order chi connectivity index (χ0) is 11.0. The highest BCUT2D eigenvalue weighted by molar-refractivity contribution is 5.87. The van der Waals surface area contributed by atoms with Crippen molar-refractivity contribution in [1.82, 2.24) is 14.5 Å². The van der Waals surface area contributed by atoms with Crippen LogP contribution in [0.5, 0.6) is 0 Å². The molecule has 0 aliphatic carbocycles. The van der Waals surface area contributed by atoms with Crippen molar-refractivity contribution in [3.63, 3.8) is 0 Å². The van der Waals surface area contributed by atoms with E-state index in [-0.39, 0.29) is 0 Å². The first-order chi connectivity index (χ1) is 7.11. The van der Waals surface area contributed by atoms with E-state index < -0.39 is 0 Å². The Kier molecular flexibility index (Phi) is 2.34. The van der Waals surface area contributed by atoms with Crippen LogP contribution >= 0.6 is 0 Å². The van der Waals surface area contributed by atoms with E-state index in [2.05, 4.69) is 40.6 Å². The van der Waals surface area contributed by atoms with Crippen molar-refractivity contribution < 1.29 is 0 Å². The molecule has 2 aromatic rings. The Hall–Kier alpha value is -1.58. The smallest absolute Gasteiger partial charge is 0.145 e. The average Bonchev–Trinajstić information content (AvgIpc) is 2.59. The lowest BCUT2D eigenvalue weighted by Gasteiger charge is -2.13. The molecule has 0 saturated heterocycles. The van der Waals surface area contributed by atoms with Crippen LogP contribution < -0.4 is 4.90 Å². The summed E-state index contributed by atoms with van der Waals surface area (Å²) >= 11 is 0. The SMILES string of the molecule is CC(C)n1ccc2c(N(C)C)ncnc21. The first-order valence-electron chi connectivity index (χ1n) is 5.10. The van der Waals surface area contributed by atoms with Crippen molar-refractivity contribution >= 4 is 16.9 Å². The molecule has 0 bridgehead atoms. The molecular weight excluding hydrogens is 188 g/mol. The van der Waals surface area contributed by atoms with Crippen LogP contribution in [0.1, 0.15) is 19.9 Å². The lowest BCUT2D eigenvalue weighted by Crippen LogP contribution is -2.11. The van der Waals surface area contributed by atoms with E-state index in [1.165, 1.54) is 0 Å². The van der Waals surface area contributed by atoms with E-state index in [1.54, 1.807) is 6.33 Å². The third-order valence-corrected chi connectivity index (χ3v) is 2.47. The predicted molar refractivity (Wildman–Crippen MR) is 62.2 cm³/mol. The van der Waals surface area contributed by atoms with Gasteiger partial charge in [-0.1, -0.05) is 0 Å². The number of aromatic nitrogens is 3. The average molecular weight is 204 g/mol. The number of rotatable bonds is 2. The van der Waals surface area contributed by atoms with Crippen LogP contribution in [0.4, 0.5) is 5.82 Å². The predicted octanol–water partition coefficient (Wildman–Crippen LogP) is 2.08. The molecule has 4 nitrogen and oxygen atoms in total. The summed E-state index contributed by atoms with van der Waals surface area (Å²) in [5.74, 6) is 0.972. The quantitative estimate of drug-likeness (QED) is 0.751. The molecule has 0 radical (unpaired) electrons. The fourth-order valence-electron chi connectivity index (χ4n) is 1.73. The third kappa shape index (κ3) is 1.56. The molecule has 4 heteroatoms. The number of anilines is 1. The molecule has 0 N–H and O–H groups in total. The summed E-state index contributed by atoms with van der Waals surface area (Å²) in [6.45, 7) is 4.30. The molecule has 2 aromatic heterocycles. The highest BCUT2D eigenvalue weighted by Gasteiger charge is 2.10. The van der Waals surface area contributed by atoms with Crippen LogP contribution in [0.15, 0.2) is 18.6 Å². The van der Waals surface area contributed by atoms with Crippen LogP contribution in [0, 0.1) is 0 Å². The first-order valence-corrected chi connectivity index (χ1v) is 5.10. The molecule has 80 valence electrons. The molecule has 0 spiro atoms. The van der Waals surface area contributed by atoms with Crippen molar-refractivity contribution in [2.75, 3.05) is 19.0 Å². The van der Waals surface area contributed by atoms with Gasteiger partial charge in [-0.25, -0.2) is 9.97 Å². The van der Waals surface area contributed by atoms with Gasteiger partial charge in [0.2, 0.25) is 0 Å². The van der Waals surface area contributed by atoms with E-state index in [0.717, 1.165) is 16.9 Å². The van der Waals surface area contributed by atoms with Gasteiger partial charge in [-0.2, -0.15) is 0 Å². The number of nitrogens with zero attached hydrogens (tertiary/aromatic N) is 4. The van der Waals surface area contributed by atoms with Gasteiger partial charge >= 0.3 is 0 Å². The Bertz CT molecular complexity index is 470. The van der Waals surface area contributed by atoms with Gasteiger partial charge in [0.15, 0.2) is 0 Å². The van der Waals surface area contributed by atoms with Gasteiger partial charge in [-0.15, -0.1) is 0 Å². The minimum absolute atomic E-state index is 0.424. The lowest BCUT2D eigenvalue weighted by molar-refractivity contribution is 0.617. The Balaban J connectivity index is 2.69. The Morgan fingerprint density at radius 2 is 2.00 bits per heavy atom. The maximum Gasteiger partial charge on any atom is 0.145 e. The monoisotopic (exact) mass is 204 g/mol. The molecule has 2 rings (SSSR count). The topological polar surface area (TPSA) is 34.0 Å². The lowest BCUT2D eigenvalue weighted by atomic mass is 10.3. The van der Waals surface area contributed by atoms with Gasteiger partial charge in [-0.05, 0) is 19.9 Å². The Morgan fingerprint density at radius 1 is 1.27 bits per heavy atom. The van der Waals surface area contributed by atoms with Gasteiger partial charge in [0.25, 0.3) is 0 Å². The van der Waals surface area contributed by atoms with Crippen molar-refractivity contribution in [2.45, 2.75) is 19.9 Å². The zero-order valence-electron chi connectivity index (χ0n) is 9.60. The Morgan fingerprint density at radius 3 is 2.60 bits per heavy atom. The molecule has 0 fully saturated rings. The van der Waals surface area contributed by atoms with Crippen LogP contribution in [0.3, 0.4) is 0 Å². The molecular formula is C11H16N4. The molecule has 0 saturated carbocycles. The molecule has 0 aliphatic rings. The van der Waals surface area contributed by atoms with Crippen LogP contribution in [0.25, 0.3) is 11.0 Å². The van der Waals surface area contributed by atoms with Crippen molar-refractivity contribution in [3.8, 4) is 0 Å². The van der Waals surface area contributed by atoms with E-state index >= 15 is 0 Å². The number of fused-ring (bicyclic) bond motifs is 1. The largest absolute Gasteiger partial charge is 0.362 e. The van der Waals surface area contributed by atoms with Gasteiger partial charge in [0.1, 0.15) is 17.8 Å². The highest BCUT2D eigenvalue weighted by atomic mass is 15.2. The van der Waals surface area contributed by atoms with E-state index in [4.69, 9.17) is 0 Å². The molecule has 0 aliphatic heterocycles. The number of hydrogen-bond donors (Lipinski definition) is 0. The molecule has 0 amide bonds.